The number of unbranched alkanes of at least 4 members (excludes halogenated alkanes) is 11. The molecule has 13 heteroatoms. The zero-order chi connectivity index (χ0) is 56.4. The molecule has 1 saturated heterocycles. The second-order valence-corrected chi connectivity index (χ2v) is 20.9. The fraction of sp³-hybridized carbons (Fsp3) is 0.471. The molecule has 0 saturated carbocycles. The molecule has 0 aliphatic carbocycles. The fourth-order valence-electron chi connectivity index (χ4n) is 10.2. The van der Waals surface area contributed by atoms with Crippen LogP contribution in [0.25, 0.3) is 10.4 Å². The maximum atomic E-state index is 10.5. The number of hydrogen-bond acceptors (Lipinski definition) is 11. The monoisotopic (exact) mass is 1110 g/mol. The molecule has 6 aromatic carbocycles. The van der Waals surface area contributed by atoms with Gasteiger partial charge in [0.2, 0.25) is 0 Å². The number of rotatable bonds is 40. The molecule has 6 aromatic rings. The van der Waals surface area contributed by atoms with Crippen molar-refractivity contribution in [1.29, 1.82) is 0 Å². The average molecular weight is 1110 g/mol. The molecule has 81 heavy (non-hydrogen) atoms. The van der Waals surface area contributed by atoms with Gasteiger partial charge in [0.25, 0.3) is 0 Å². The van der Waals surface area contributed by atoms with Crippen LogP contribution < -0.4 is 9.47 Å². The molecule has 0 bridgehead atoms. The highest BCUT2D eigenvalue weighted by molar-refractivity contribution is 5.28. The van der Waals surface area contributed by atoms with E-state index in [9.17, 15) is 5.53 Å². The Kier molecular flexibility index (Phi) is 28.6. The second-order valence-electron chi connectivity index (χ2n) is 20.9. The summed E-state index contributed by atoms with van der Waals surface area (Å²) in [5.41, 5.74) is 16.3. The first-order chi connectivity index (χ1) is 40.0. The van der Waals surface area contributed by atoms with E-state index in [1.807, 2.05) is 170 Å². The Morgan fingerprint density at radius 2 is 0.877 bits per heavy atom. The number of nitrogens with zero attached hydrogens (tertiary/aromatic N) is 3. The van der Waals surface area contributed by atoms with E-state index in [1.54, 1.807) is 14.2 Å². The molecule has 0 aromatic heterocycles. The van der Waals surface area contributed by atoms with Crippen LogP contribution in [0.3, 0.4) is 0 Å². The highest BCUT2D eigenvalue weighted by Crippen LogP contribution is 2.33. The molecule has 8 atom stereocenters. The van der Waals surface area contributed by atoms with Crippen molar-refractivity contribution in [2.45, 2.75) is 179 Å². The van der Waals surface area contributed by atoms with Crippen LogP contribution in [0.5, 0.6) is 11.5 Å². The minimum absolute atomic E-state index is 0.105. The zero-order valence-corrected chi connectivity index (χ0v) is 48.1. The summed E-state index contributed by atoms with van der Waals surface area (Å²) in [6.07, 6.45) is 10.1. The molecule has 1 heterocycles. The Bertz CT molecular complexity index is 2590. The van der Waals surface area contributed by atoms with Crippen molar-refractivity contribution in [3.8, 4) is 11.5 Å². The van der Waals surface area contributed by atoms with E-state index in [1.165, 1.54) is 57.8 Å². The standard InChI is InChI=1S/C68H87N3O10/c1-4-5-6-7-8-9-10-11-12-13-14-27-36-62(75-46-57-37-41-59(72-2)42-38-57)64(76-50-58-39-43-60(73-3)44-40-58)61(70-71-69)51-80-68-67(79-49-56-34-25-18-26-35-56)66(78-48-55-32-23-17-24-33-55)65(77-47-54-30-21-16-22-31-54)63(81-68)52-74-45-53-28-19-15-20-29-53/h15-26,28-35,37-44,61-68H,4-14,27,36,45-52H2,1-3H3/t61-,62+,63?,64?,65?,66?,67?,68?/m0/s1. The number of benzene rings is 6. The minimum atomic E-state index is -1.05. The molecule has 1 fully saturated rings. The number of hydrogen-bond donors (Lipinski definition) is 0. The van der Waals surface area contributed by atoms with Crippen LogP contribution in [0.4, 0.5) is 0 Å². The summed E-state index contributed by atoms with van der Waals surface area (Å²) >= 11 is 0. The number of azide groups is 1. The van der Waals surface area contributed by atoms with Gasteiger partial charge in [-0.25, -0.2) is 0 Å². The molecule has 0 N–H and O–H groups in total. The van der Waals surface area contributed by atoms with Crippen molar-refractivity contribution < 1.29 is 47.4 Å². The molecule has 0 radical (unpaired) electrons. The van der Waals surface area contributed by atoms with E-state index in [4.69, 9.17) is 47.4 Å². The first-order valence-corrected chi connectivity index (χ1v) is 29.4. The molecular formula is C68H87N3O10. The SMILES string of the molecule is CCCCCCCCCCCCCC[C@@H](OCc1ccc(OC)cc1)C(OCc1ccc(OC)cc1)[C@H](COC1OC(COCc2ccccc2)C(OCc2ccccc2)C(OCc2ccccc2)C1OCc1ccccc1)N=[N+]=[N-]. The van der Waals surface area contributed by atoms with Crippen LogP contribution in [0.1, 0.15) is 124 Å². The summed E-state index contributed by atoms with van der Waals surface area (Å²) in [7, 11) is 3.31. The third kappa shape index (κ3) is 22.3. The Labute approximate surface area is 482 Å². The van der Waals surface area contributed by atoms with E-state index >= 15 is 0 Å². The summed E-state index contributed by atoms with van der Waals surface area (Å²) in [4.78, 5) is 3.45. The summed E-state index contributed by atoms with van der Waals surface area (Å²) < 4.78 is 66.4. The molecular weight excluding hydrogens is 1020 g/mol. The predicted molar refractivity (Wildman–Crippen MR) is 318 cm³/mol. The number of methoxy groups -OCH3 is 2. The van der Waals surface area contributed by atoms with Crippen LogP contribution >= 0.6 is 0 Å². The van der Waals surface area contributed by atoms with Gasteiger partial charge in [-0.2, -0.15) is 0 Å². The summed E-state index contributed by atoms with van der Waals surface area (Å²) in [5.74, 6) is 1.50. The quantitative estimate of drug-likeness (QED) is 0.0158. The van der Waals surface area contributed by atoms with Gasteiger partial charge in [-0.05, 0) is 69.6 Å². The lowest BCUT2D eigenvalue weighted by Crippen LogP contribution is -2.62. The summed E-state index contributed by atoms with van der Waals surface area (Å²) in [6.45, 7) is 3.96. The lowest BCUT2D eigenvalue weighted by molar-refractivity contribution is -0.329. The van der Waals surface area contributed by atoms with Crippen molar-refractivity contribution in [1.82, 2.24) is 0 Å². The van der Waals surface area contributed by atoms with E-state index in [0.717, 1.165) is 64.1 Å². The normalized spacial score (nSPS) is 18.1. The van der Waals surface area contributed by atoms with Crippen LogP contribution in [0.15, 0.2) is 175 Å². The Balaban J connectivity index is 1.19. The van der Waals surface area contributed by atoms with Crippen LogP contribution in [0.2, 0.25) is 0 Å². The van der Waals surface area contributed by atoms with E-state index in [2.05, 4.69) is 16.9 Å². The Morgan fingerprint density at radius 1 is 0.457 bits per heavy atom. The molecule has 1 aliphatic heterocycles. The van der Waals surface area contributed by atoms with Crippen molar-refractivity contribution >= 4 is 0 Å². The second kappa shape index (κ2) is 37.1. The van der Waals surface area contributed by atoms with Crippen LogP contribution in [-0.4, -0.2) is 76.4 Å². The topological polar surface area (TPSA) is 141 Å². The van der Waals surface area contributed by atoms with Gasteiger partial charge < -0.3 is 47.4 Å². The minimum Gasteiger partial charge on any atom is -0.497 e. The van der Waals surface area contributed by atoms with Crippen molar-refractivity contribution in [3.05, 3.63) is 214 Å². The molecule has 13 nitrogen and oxygen atoms in total. The van der Waals surface area contributed by atoms with Crippen LogP contribution in [0, 0.1) is 0 Å². The molecule has 0 amide bonds. The lowest BCUT2D eigenvalue weighted by atomic mass is 9.97. The van der Waals surface area contributed by atoms with Gasteiger partial charge >= 0.3 is 0 Å². The van der Waals surface area contributed by atoms with E-state index in [-0.39, 0.29) is 39.6 Å². The largest absolute Gasteiger partial charge is 0.497 e. The van der Waals surface area contributed by atoms with Crippen molar-refractivity contribution in [2.75, 3.05) is 27.4 Å². The van der Waals surface area contributed by atoms with Gasteiger partial charge in [-0.1, -0.05) is 235 Å². The Morgan fingerprint density at radius 3 is 1.35 bits per heavy atom. The van der Waals surface area contributed by atoms with Crippen molar-refractivity contribution in [2.24, 2.45) is 5.11 Å². The first kappa shape index (κ1) is 62.5. The molecule has 7 rings (SSSR count). The van der Waals surface area contributed by atoms with E-state index in [0.29, 0.717) is 19.6 Å². The summed E-state index contributed by atoms with van der Waals surface area (Å²) in [6, 6.07) is 54.9. The molecule has 434 valence electrons. The molecule has 1 aliphatic rings. The highest BCUT2D eigenvalue weighted by Gasteiger charge is 2.49. The van der Waals surface area contributed by atoms with Gasteiger partial charge in [-0.3, -0.25) is 0 Å². The van der Waals surface area contributed by atoms with Gasteiger partial charge in [-0.15, -0.1) is 0 Å². The highest BCUT2D eigenvalue weighted by atomic mass is 16.7. The van der Waals surface area contributed by atoms with Gasteiger partial charge in [0.15, 0.2) is 6.29 Å². The maximum absolute atomic E-state index is 10.5. The van der Waals surface area contributed by atoms with Crippen LogP contribution in [-0.2, 0) is 77.5 Å². The van der Waals surface area contributed by atoms with Crippen molar-refractivity contribution in [3.63, 3.8) is 0 Å². The predicted octanol–water partition coefficient (Wildman–Crippen LogP) is 15.7. The van der Waals surface area contributed by atoms with Gasteiger partial charge in [0, 0.05) is 4.91 Å². The average Bonchev–Trinajstić information content (AvgIpc) is 3.55. The number of ether oxygens (including phenoxy) is 10. The summed E-state index contributed by atoms with van der Waals surface area (Å²) in [5, 5.41) is 4.49. The lowest BCUT2D eigenvalue weighted by Gasteiger charge is -2.46. The maximum Gasteiger partial charge on any atom is 0.186 e. The van der Waals surface area contributed by atoms with E-state index < -0.39 is 49.0 Å². The fourth-order valence-corrected chi connectivity index (χ4v) is 10.2. The van der Waals surface area contributed by atoms with Gasteiger partial charge in [0.1, 0.15) is 35.9 Å². The zero-order valence-electron chi connectivity index (χ0n) is 48.1. The molecule has 6 unspecified atom stereocenters. The third-order valence-electron chi connectivity index (χ3n) is 14.8. The first-order valence-electron chi connectivity index (χ1n) is 29.4. The van der Waals surface area contributed by atoms with Gasteiger partial charge in [0.05, 0.1) is 85.3 Å². The Hall–Kier alpha value is -6.09. The third-order valence-corrected chi connectivity index (χ3v) is 14.8. The molecule has 0 spiro atoms. The smallest absolute Gasteiger partial charge is 0.186 e.